The molecule has 0 aliphatic carbocycles. The van der Waals surface area contributed by atoms with Crippen LogP contribution in [-0.4, -0.2) is 63.9 Å². The standard InChI is InChI=1S/C30H29ClN8O3S/c1-42-25-16-20(17-34-28(25)32)26-27(38-29(37-26)19-6-3-2-4-7-19)24-13-14-33-30(36-24)35-22-8-5-15-39(18-22)43(40,41)23-11-9-21(31)10-12-23/h2-4,6-7,9-14,16-17,22H,5,8,15,18H2,1H3,(H2,32,34)(H,37,38)(H,33,35,36). The monoisotopic (exact) mass is 616 g/mol. The minimum Gasteiger partial charge on any atom is -0.493 e. The predicted octanol–water partition coefficient (Wildman–Crippen LogP) is 5.11. The zero-order valence-corrected chi connectivity index (χ0v) is 24.8. The van der Waals surface area contributed by atoms with Crippen molar-refractivity contribution in [2.75, 3.05) is 31.2 Å². The molecule has 0 saturated carbocycles. The molecule has 43 heavy (non-hydrogen) atoms. The van der Waals surface area contributed by atoms with E-state index in [0.717, 1.165) is 17.5 Å². The highest BCUT2D eigenvalue weighted by Crippen LogP contribution is 2.35. The SMILES string of the molecule is COc1cc(-c2[nH]c(-c3ccccc3)nc2-c2ccnc(NC3CCCN(S(=O)(=O)c4ccc(Cl)cc4)C3)n2)cnc1N. The Bertz CT molecular complexity index is 1850. The highest BCUT2D eigenvalue weighted by molar-refractivity contribution is 7.89. The summed E-state index contributed by atoms with van der Waals surface area (Å²) in [5.41, 5.74) is 9.45. The van der Waals surface area contributed by atoms with Crippen LogP contribution in [0.5, 0.6) is 5.75 Å². The number of nitrogens with two attached hydrogens (primary N) is 1. The predicted molar refractivity (Wildman–Crippen MR) is 166 cm³/mol. The number of hydrogen-bond acceptors (Lipinski definition) is 9. The number of piperidine rings is 1. The number of hydrogen-bond donors (Lipinski definition) is 3. The molecule has 1 saturated heterocycles. The maximum absolute atomic E-state index is 13.3. The first-order chi connectivity index (χ1) is 20.8. The Morgan fingerprint density at radius 2 is 1.84 bits per heavy atom. The minimum atomic E-state index is -3.67. The molecule has 1 unspecified atom stereocenters. The van der Waals surface area contributed by atoms with E-state index < -0.39 is 10.0 Å². The van der Waals surface area contributed by atoms with Gasteiger partial charge in [-0.15, -0.1) is 0 Å². The van der Waals surface area contributed by atoms with Crippen LogP contribution in [-0.2, 0) is 10.0 Å². The number of aromatic amines is 1. The number of methoxy groups -OCH3 is 1. The molecule has 4 N–H and O–H groups in total. The molecule has 5 aromatic rings. The fourth-order valence-electron chi connectivity index (χ4n) is 5.03. The maximum Gasteiger partial charge on any atom is 0.243 e. The van der Waals surface area contributed by atoms with Crippen LogP contribution in [0, 0.1) is 0 Å². The summed E-state index contributed by atoms with van der Waals surface area (Å²) in [5, 5.41) is 3.82. The number of H-pyrrole nitrogens is 1. The van der Waals surface area contributed by atoms with Crippen molar-refractivity contribution in [2.45, 2.75) is 23.8 Å². The van der Waals surface area contributed by atoms with E-state index in [1.807, 2.05) is 30.3 Å². The first-order valence-electron chi connectivity index (χ1n) is 13.6. The van der Waals surface area contributed by atoms with Gasteiger partial charge < -0.3 is 20.8 Å². The van der Waals surface area contributed by atoms with Gasteiger partial charge in [0.15, 0.2) is 11.6 Å². The Labute approximate surface area is 254 Å². The van der Waals surface area contributed by atoms with E-state index >= 15 is 0 Å². The summed E-state index contributed by atoms with van der Waals surface area (Å²) in [6.45, 7) is 0.712. The van der Waals surface area contributed by atoms with E-state index in [1.165, 1.54) is 23.5 Å². The average molecular weight is 617 g/mol. The number of imidazole rings is 1. The van der Waals surface area contributed by atoms with Crippen LogP contribution in [0.3, 0.4) is 0 Å². The van der Waals surface area contributed by atoms with Crippen LogP contribution in [0.1, 0.15) is 12.8 Å². The van der Waals surface area contributed by atoms with Gasteiger partial charge in [-0.1, -0.05) is 41.9 Å². The van der Waals surface area contributed by atoms with Crippen molar-refractivity contribution in [3.05, 3.63) is 84.1 Å². The van der Waals surface area contributed by atoms with Crippen molar-refractivity contribution in [2.24, 2.45) is 0 Å². The summed E-state index contributed by atoms with van der Waals surface area (Å²) in [4.78, 5) is 22.0. The molecule has 1 aliphatic heterocycles. The summed E-state index contributed by atoms with van der Waals surface area (Å²) in [6.07, 6.45) is 4.77. The number of nitrogens with zero attached hydrogens (tertiary/aromatic N) is 5. The van der Waals surface area contributed by atoms with E-state index in [9.17, 15) is 8.42 Å². The zero-order chi connectivity index (χ0) is 30.0. The average Bonchev–Trinajstić information content (AvgIpc) is 3.48. The number of ether oxygens (including phenoxy) is 1. The third-order valence-corrected chi connectivity index (χ3v) is 9.34. The van der Waals surface area contributed by atoms with Crippen molar-refractivity contribution in [3.63, 3.8) is 0 Å². The van der Waals surface area contributed by atoms with E-state index in [2.05, 4.69) is 20.3 Å². The fraction of sp³-hybridized carbons (Fsp3) is 0.200. The lowest BCUT2D eigenvalue weighted by atomic mass is 10.1. The van der Waals surface area contributed by atoms with Crippen molar-refractivity contribution in [1.29, 1.82) is 0 Å². The number of anilines is 2. The molecule has 2 aromatic carbocycles. The second kappa shape index (κ2) is 12.0. The van der Waals surface area contributed by atoms with Crippen LogP contribution in [0.25, 0.3) is 34.0 Å². The molecule has 1 aliphatic rings. The molecular weight excluding hydrogens is 588 g/mol. The minimum absolute atomic E-state index is 0.185. The molecule has 1 fully saturated rings. The topological polar surface area (TPSA) is 152 Å². The highest BCUT2D eigenvalue weighted by atomic mass is 35.5. The number of nitrogen functional groups attached to an aromatic ring is 1. The number of aromatic nitrogens is 5. The van der Waals surface area contributed by atoms with Gasteiger partial charge >= 0.3 is 0 Å². The number of benzene rings is 2. The zero-order valence-electron chi connectivity index (χ0n) is 23.2. The molecular formula is C30H29ClN8O3S. The Morgan fingerprint density at radius 3 is 2.60 bits per heavy atom. The first-order valence-corrected chi connectivity index (χ1v) is 15.4. The summed E-state index contributed by atoms with van der Waals surface area (Å²) in [7, 11) is -2.13. The van der Waals surface area contributed by atoms with Crippen molar-refractivity contribution < 1.29 is 13.2 Å². The highest BCUT2D eigenvalue weighted by Gasteiger charge is 2.30. The Hall–Kier alpha value is -4.52. The number of rotatable bonds is 8. The third kappa shape index (κ3) is 6.03. The van der Waals surface area contributed by atoms with E-state index in [0.29, 0.717) is 52.6 Å². The lowest BCUT2D eigenvalue weighted by molar-refractivity contribution is 0.326. The van der Waals surface area contributed by atoms with Gasteiger partial charge in [-0.2, -0.15) is 4.31 Å². The van der Waals surface area contributed by atoms with Crippen molar-refractivity contribution in [3.8, 4) is 39.8 Å². The summed E-state index contributed by atoms with van der Waals surface area (Å²) in [6, 6.07) is 19.4. The number of sulfonamides is 1. The fourth-order valence-corrected chi connectivity index (χ4v) is 6.68. The molecule has 0 spiro atoms. The quantitative estimate of drug-likeness (QED) is 0.216. The van der Waals surface area contributed by atoms with Crippen LogP contribution < -0.4 is 15.8 Å². The van der Waals surface area contributed by atoms with Crippen LogP contribution in [0.4, 0.5) is 11.8 Å². The second-order valence-electron chi connectivity index (χ2n) is 10.1. The molecule has 3 aromatic heterocycles. The molecule has 220 valence electrons. The Balaban J connectivity index is 1.30. The van der Waals surface area contributed by atoms with Gasteiger partial charge in [-0.05, 0) is 49.2 Å². The maximum atomic E-state index is 13.3. The van der Waals surface area contributed by atoms with Crippen LogP contribution in [0.2, 0.25) is 5.02 Å². The number of pyridine rings is 1. The van der Waals surface area contributed by atoms with Gasteiger partial charge in [0.2, 0.25) is 16.0 Å². The Morgan fingerprint density at radius 1 is 1.05 bits per heavy atom. The largest absolute Gasteiger partial charge is 0.493 e. The molecule has 0 amide bonds. The van der Waals surface area contributed by atoms with Gasteiger partial charge in [-0.3, -0.25) is 0 Å². The molecule has 13 heteroatoms. The van der Waals surface area contributed by atoms with E-state index in [-0.39, 0.29) is 23.3 Å². The lowest BCUT2D eigenvalue weighted by Gasteiger charge is -2.32. The molecule has 6 rings (SSSR count). The molecule has 4 heterocycles. The molecule has 0 bridgehead atoms. The van der Waals surface area contributed by atoms with Gasteiger partial charge in [0, 0.05) is 47.7 Å². The van der Waals surface area contributed by atoms with Gasteiger partial charge in [0.05, 0.1) is 23.4 Å². The number of nitrogens with one attached hydrogen (secondary N) is 2. The van der Waals surface area contributed by atoms with Crippen LogP contribution >= 0.6 is 11.6 Å². The van der Waals surface area contributed by atoms with Gasteiger partial charge in [0.1, 0.15) is 11.5 Å². The smallest absolute Gasteiger partial charge is 0.243 e. The van der Waals surface area contributed by atoms with Crippen LogP contribution in [0.15, 0.2) is 84.0 Å². The Kier molecular flexibility index (Phi) is 7.98. The normalized spacial score (nSPS) is 15.7. The summed E-state index contributed by atoms with van der Waals surface area (Å²) >= 11 is 5.96. The molecule has 0 radical (unpaired) electrons. The lowest BCUT2D eigenvalue weighted by Crippen LogP contribution is -2.45. The number of halogens is 1. The summed E-state index contributed by atoms with van der Waals surface area (Å²) in [5.74, 6) is 1.75. The van der Waals surface area contributed by atoms with Gasteiger partial charge in [0.25, 0.3) is 0 Å². The van der Waals surface area contributed by atoms with Gasteiger partial charge in [-0.25, -0.2) is 28.4 Å². The third-order valence-electron chi connectivity index (χ3n) is 7.21. The van der Waals surface area contributed by atoms with E-state index in [1.54, 1.807) is 36.7 Å². The summed E-state index contributed by atoms with van der Waals surface area (Å²) < 4.78 is 33.5. The van der Waals surface area contributed by atoms with E-state index in [4.69, 9.17) is 32.0 Å². The first kappa shape index (κ1) is 28.6. The molecule has 11 nitrogen and oxygen atoms in total. The van der Waals surface area contributed by atoms with Crippen molar-refractivity contribution in [1.82, 2.24) is 29.2 Å². The second-order valence-corrected chi connectivity index (χ2v) is 12.4. The van der Waals surface area contributed by atoms with Crippen molar-refractivity contribution >= 4 is 33.4 Å². The molecule has 1 atom stereocenters.